The van der Waals surface area contributed by atoms with Crippen LogP contribution < -0.4 is 4.72 Å². The quantitative estimate of drug-likeness (QED) is 0.561. The molecular weight excluding hydrogens is 392 g/mol. The van der Waals surface area contributed by atoms with Crippen molar-refractivity contribution in [2.45, 2.75) is 30.7 Å². The third-order valence-corrected chi connectivity index (χ3v) is 5.72. The number of aryl methyl sites for hydroxylation is 1. The lowest BCUT2D eigenvalue weighted by molar-refractivity contribution is 0.0472. The molecule has 1 aliphatic carbocycles. The normalized spacial score (nSPS) is 14.0. The SMILES string of the molecule is Cc1ccc(S(=O)(=O)NC2CC2)cc1C(=O)OCC(=O)c1cc(F)ccc1F. The van der Waals surface area contributed by atoms with E-state index in [2.05, 4.69) is 4.72 Å². The lowest BCUT2D eigenvalue weighted by Crippen LogP contribution is -2.26. The van der Waals surface area contributed by atoms with E-state index in [1.807, 2.05) is 0 Å². The highest BCUT2D eigenvalue weighted by Crippen LogP contribution is 2.23. The van der Waals surface area contributed by atoms with Crippen molar-refractivity contribution in [2.24, 2.45) is 0 Å². The highest BCUT2D eigenvalue weighted by atomic mass is 32.2. The first-order valence-electron chi connectivity index (χ1n) is 8.46. The van der Waals surface area contributed by atoms with Crippen LogP contribution in [0.4, 0.5) is 8.78 Å². The van der Waals surface area contributed by atoms with Gasteiger partial charge in [0, 0.05) is 6.04 Å². The van der Waals surface area contributed by atoms with Crippen LogP contribution >= 0.6 is 0 Å². The Hall–Kier alpha value is -2.65. The number of ketones is 1. The van der Waals surface area contributed by atoms with Crippen LogP contribution in [0.25, 0.3) is 0 Å². The third kappa shape index (κ3) is 4.60. The van der Waals surface area contributed by atoms with Gasteiger partial charge in [-0.2, -0.15) is 0 Å². The summed E-state index contributed by atoms with van der Waals surface area (Å²) in [5.41, 5.74) is -0.125. The van der Waals surface area contributed by atoms with Gasteiger partial charge in [-0.1, -0.05) is 6.07 Å². The molecular formula is C19H17F2NO5S. The van der Waals surface area contributed by atoms with Crippen molar-refractivity contribution in [3.63, 3.8) is 0 Å². The van der Waals surface area contributed by atoms with Gasteiger partial charge in [-0.3, -0.25) is 4.79 Å². The fourth-order valence-corrected chi connectivity index (χ4v) is 3.81. The van der Waals surface area contributed by atoms with E-state index < -0.39 is 45.6 Å². The smallest absolute Gasteiger partial charge is 0.338 e. The van der Waals surface area contributed by atoms with Gasteiger partial charge in [-0.15, -0.1) is 0 Å². The zero-order valence-corrected chi connectivity index (χ0v) is 15.7. The molecule has 28 heavy (non-hydrogen) atoms. The Kier molecular flexibility index (Phi) is 5.57. The van der Waals surface area contributed by atoms with Gasteiger partial charge >= 0.3 is 5.97 Å². The molecule has 0 amide bonds. The first-order valence-corrected chi connectivity index (χ1v) is 9.94. The summed E-state index contributed by atoms with van der Waals surface area (Å²) >= 11 is 0. The zero-order chi connectivity index (χ0) is 20.5. The molecule has 0 saturated heterocycles. The van der Waals surface area contributed by atoms with Crippen LogP contribution in [0.3, 0.4) is 0 Å². The molecule has 0 bridgehead atoms. The molecule has 0 radical (unpaired) electrons. The van der Waals surface area contributed by atoms with Crippen molar-refractivity contribution in [3.05, 3.63) is 64.7 Å². The predicted octanol–water partition coefficient (Wildman–Crippen LogP) is 2.75. The number of sulfonamides is 1. The second-order valence-corrected chi connectivity index (χ2v) is 8.21. The maximum atomic E-state index is 13.6. The topological polar surface area (TPSA) is 89.5 Å². The number of hydrogen-bond donors (Lipinski definition) is 1. The maximum absolute atomic E-state index is 13.6. The molecule has 0 heterocycles. The minimum atomic E-state index is -3.77. The van der Waals surface area contributed by atoms with Crippen molar-refractivity contribution in [1.29, 1.82) is 0 Å². The number of halogens is 2. The van der Waals surface area contributed by atoms with Gasteiger partial charge in [0.2, 0.25) is 15.8 Å². The molecule has 1 N–H and O–H groups in total. The van der Waals surface area contributed by atoms with E-state index in [-0.39, 0.29) is 16.5 Å². The van der Waals surface area contributed by atoms with Gasteiger partial charge in [0.05, 0.1) is 16.0 Å². The molecule has 0 spiro atoms. The maximum Gasteiger partial charge on any atom is 0.338 e. The standard InChI is InChI=1S/C19H17F2NO5S/c1-11-2-6-14(28(25,26)22-13-4-5-13)9-15(11)19(24)27-10-18(23)16-8-12(20)3-7-17(16)21/h2-3,6-9,13,22H,4-5,10H2,1H3. The summed E-state index contributed by atoms with van der Waals surface area (Å²) in [7, 11) is -3.77. The summed E-state index contributed by atoms with van der Waals surface area (Å²) in [6, 6.07) is 6.26. The van der Waals surface area contributed by atoms with Gasteiger partial charge in [0.1, 0.15) is 11.6 Å². The number of carbonyl (C=O) groups is 2. The average Bonchev–Trinajstić information content (AvgIpc) is 3.44. The van der Waals surface area contributed by atoms with E-state index in [0.717, 1.165) is 31.0 Å². The number of benzene rings is 2. The Morgan fingerprint density at radius 2 is 1.82 bits per heavy atom. The lowest BCUT2D eigenvalue weighted by Gasteiger charge is -2.10. The zero-order valence-electron chi connectivity index (χ0n) is 14.9. The number of carbonyl (C=O) groups excluding carboxylic acids is 2. The molecule has 0 aromatic heterocycles. The molecule has 1 aliphatic rings. The summed E-state index contributed by atoms with van der Waals surface area (Å²) in [5, 5.41) is 0. The molecule has 148 valence electrons. The number of hydrogen-bond acceptors (Lipinski definition) is 5. The van der Waals surface area contributed by atoms with Crippen LogP contribution in [0.1, 0.15) is 39.1 Å². The molecule has 1 saturated carbocycles. The summed E-state index contributed by atoms with van der Waals surface area (Å²) < 4.78 is 58.8. The monoisotopic (exact) mass is 409 g/mol. The summed E-state index contributed by atoms with van der Waals surface area (Å²) in [6.45, 7) is 0.769. The molecule has 3 rings (SSSR count). The molecule has 1 fully saturated rings. The third-order valence-electron chi connectivity index (χ3n) is 4.20. The van der Waals surface area contributed by atoms with Crippen molar-refractivity contribution < 1.29 is 31.5 Å². The summed E-state index contributed by atoms with van der Waals surface area (Å²) in [6.07, 6.45) is 1.53. The predicted molar refractivity (Wildman–Crippen MR) is 95.5 cm³/mol. The van der Waals surface area contributed by atoms with Gasteiger partial charge in [-0.25, -0.2) is 26.7 Å². The van der Waals surface area contributed by atoms with E-state index in [1.165, 1.54) is 12.1 Å². The Morgan fingerprint density at radius 3 is 2.50 bits per heavy atom. The fourth-order valence-electron chi connectivity index (χ4n) is 2.47. The highest BCUT2D eigenvalue weighted by molar-refractivity contribution is 7.89. The van der Waals surface area contributed by atoms with Crippen LogP contribution in [0.2, 0.25) is 0 Å². The number of esters is 1. The first-order chi connectivity index (χ1) is 13.2. The van der Waals surface area contributed by atoms with Crippen molar-refractivity contribution >= 4 is 21.8 Å². The Labute approximate surface area is 160 Å². The molecule has 0 atom stereocenters. The van der Waals surface area contributed by atoms with E-state index in [9.17, 15) is 26.8 Å². The Balaban J connectivity index is 1.74. The molecule has 9 heteroatoms. The second kappa shape index (κ2) is 7.76. The van der Waals surface area contributed by atoms with Crippen LogP contribution in [0.5, 0.6) is 0 Å². The number of Topliss-reactive ketones (excluding diaryl/α,β-unsaturated/α-hetero) is 1. The van der Waals surface area contributed by atoms with Gasteiger partial charge in [-0.05, 0) is 55.7 Å². The van der Waals surface area contributed by atoms with E-state index in [0.29, 0.717) is 11.6 Å². The molecule has 2 aromatic rings. The highest BCUT2D eigenvalue weighted by Gasteiger charge is 2.28. The van der Waals surface area contributed by atoms with Crippen molar-refractivity contribution in [3.8, 4) is 0 Å². The number of ether oxygens (including phenoxy) is 1. The molecule has 0 aliphatic heterocycles. The van der Waals surface area contributed by atoms with Crippen molar-refractivity contribution in [2.75, 3.05) is 6.61 Å². The summed E-state index contributed by atoms with van der Waals surface area (Å²) in [5.74, 6) is -3.58. The van der Waals surface area contributed by atoms with Gasteiger partial charge in [0.15, 0.2) is 6.61 Å². The van der Waals surface area contributed by atoms with E-state index in [1.54, 1.807) is 6.92 Å². The average molecular weight is 409 g/mol. The van der Waals surface area contributed by atoms with Crippen LogP contribution in [-0.2, 0) is 14.8 Å². The Morgan fingerprint density at radius 1 is 1.11 bits per heavy atom. The minimum Gasteiger partial charge on any atom is -0.454 e. The largest absolute Gasteiger partial charge is 0.454 e. The number of nitrogens with one attached hydrogen (secondary N) is 1. The summed E-state index contributed by atoms with van der Waals surface area (Å²) in [4.78, 5) is 24.2. The number of rotatable bonds is 7. The van der Waals surface area contributed by atoms with Crippen LogP contribution in [0, 0.1) is 18.6 Å². The minimum absolute atomic E-state index is 0.0359. The fraction of sp³-hybridized carbons (Fsp3) is 0.263. The van der Waals surface area contributed by atoms with Gasteiger partial charge in [0.25, 0.3) is 0 Å². The molecule has 0 unspecified atom stereocenters. The van der Waals surface area contributed by atoms with E-state index in [4.69, 9.17) is 4.74 Å². The lowest BCUT2D eigenvalue weighted by atomic mass is 10.1. The van der Waals surface area contributed by atoms with Crippen LogP contribution in [0.15, 0.2) is 41.3 Å². The molecule has 2 aromatic carbocycles. The molecule has 6 nitrogen and oxygen atoms in total. The first kappa shape index (κ1) is 20.1. The Bertz CT molecular complexity index is 1050. The van der Waals surface area contributed by atoms with Crippen molar-refractivity contribution in [1.82, 2.24) is 4.72 Å². The van der Waals surface area contributed by atoms with Gasteiger partial charge < -0.3 is 4.74 Å². The van der Waals surface area contributed by atoms with E-state index >= 15 is 0 Å². The van der Waals surface area contributed by atoms with Crippen LogP contribution in [-0.4, -0.2) is 32.8 Å². The second-order valence-electron chi connectivity index (χ2n) is 6.50.